The summed E-state index contributed by atoms with van der Waals surface area (Å²) < 4.78 is 0. The van der Waals surface area contributed by atoms with Gasteiger partial charge in [0.15, 0.2) is 0 Å². The van der Waals surface area contributed by atoms with Crippen LogP contribution in [0.5, 0.6) is 0 Å². The molecule has 39 heavy (non-hydrogen) atoms. The molecule has 202 valence electrons. The highest BCUT2D eigenvalue weighted by atomic mass is 35.5. The standard InChI is InChI=1S/C30H32N6O2.ClH/c37-27(35-25-12-8-22(9-13-25)28-31-17-1-18-32-28)16-5-21-3-6-24(7-4-21)30(38)36-26-14-10-23(11-15-26)29-33-19-2-20-34-29;/h3-4,6-15H,1-2,5,16-20H2,(H,31,32)(H,33,34)(H,35,37)(H,36,38);1H. The molecule has 2 aliphatic rings. The Balaban J connectivity index is 0.00000353. The second-order valence-corrected chi connectivity index (χ2v) is 9.38. The lowest BCUT2D eigenvalue weighted by molar-refractivity contribution is -0.116. The highest BCUT2D eigenvalue weighted by Gasteiger charge is 2.11. The van der Waals surface area contributed by atoms with Crippen LogP contribution >= 0.6 is 12.4 Å². The number of hydrogen-bond acceptors (Lipinski definition) is 6. The van der Waals surface area contributed by atoms with E-state index in [1.807, 2.05) is 60.7 Å². The summed E-state index contributed by atoms with van der Waals surface area (Å²) in [6.45, 7) is 3.55. The predicted molar refractivity (Wildman–Crippen MR) is 160 cm³/mol. The summed E-state index contributed by atoms with van der Waals surface area (Å²) in [5.41, 5.74) is 5.09. The first-order chi connectivity index (χ1) is 18.6. The van der Waals surface area contributed by atoms with Crippen molar-refractivity contribution in [2.45, 2.75) is 25.7 Å². The first-order valence-corrected chi connectivity index (χ1v) is 13.1. The number of hydrogen-bond donors (Lipinski definition) is 4. The fourth-order valence-electron chi connectivity index (χ4n) is 4.38. The number of anilines is 2. The van der Waals surface area contributed by atoms with Crippen LogP contribution in [0.1, 0.15) is 46.3 Å². The maximum absolute atomic E-state index is 12.7. The van der Waals surface area contributed by atoms with Crippen LogP contribution in [-0.2, 0) is 11.2 Å². The lowest BCUT2D eigenvalue weighted by Gasteiger charge is -2.15. The van der Waals surface area contributed by atoms with Crippen LogP contribution in [0.3, 0.4) is 0 Å². The van der Waals surface area contributed by atoms with Crippen molar-refractivity contribution < 1.29 is 9.59 Å². The Hall–Kier alpha value is -4.17. The van der Waals surface area contributed by atoms with E-state index in [1.165, 1.54) is 0 Å². The third-order valence-electron chi connectivity index (χ3n) is 6.51. The number of nitrogens with zero attached hydrogens (tertiary/aromatic N) is 2. The minimum absolute atomic E-state index is 0. The van der Waals surface area contributed by atoms with Crippen molar-refractivity contribution in [3.05, 3.63) is 95.1 Å². The number of halogens is 1. The molecule has 0 saturated carbocycles. The highest BCUT2D eigenvalue weighted by Crippen LogP contribution is 2.15. The van der Waals surface area contributed by atoms with Crippen LogP contribution in [0.25, 0.3) is 0 Å². The van der Waals surface area contributed by atoms with Crippen molar-refractivity contribution in [3.63, 3.8) is 0 Å². The Labute approximate surface area is 234 Å². The smallest absolute Gasteiger partial charge is 0.255 e. The van der Waals surface area contributed by atoms with Gasteiger partial charge in [-0.05, 0) is 85.5 Å². The van der Waals surface area contributed by atoms with E-state index in [0.29, 0.717) is 18.4 Å². The van der Waals surface area contributed by atoms with E-state index < -0.39 is 0 Å². The van der Waals surface area contributed by atoms with Gasteiger partial charge >= 0.3 is 0 Å². The molecule has 5 rings (SSSR count). The Morgan fingerprint density at radius 1 is 0.692 bits per heavy atom. The van der Waals surface area contributed by atoms with Crippen LogP contribution in [0, 0.1) is 0 Å². The number of carbonyl (C=O) groups excluding carboxylic acids is 2. The van der Waals surface area contributed by atoms with Gasteiger partial charge in [-0.2, -0.15) is 0 Å². The quantitative estimate of drug-likeness (QED) is 0.337. The zero-order valence-electron chi connectivity index (χ0n) is 21.7. The van der Waals surface area contributed by atoms with E-state index in [9.17, 15) is 9.59 Å². The summed E-state index contributed by atoms with van der Waals surface area (Å²) >= 11 is 0. The molecule has 2 amide bonds. The summed E-state index contributed by atoms with van der Waals surface area (Å²) in [6.07, 6.45) is 3.05. The topological polar surface area (TPSA) is 107 Å². The molecule has 0 radical (unpaired) electrons. The lowest BCUT2D eigenvalue weighted by atomic mass is 10.1. The van der Waals surface area contributed by atoms with E-state index in [1.54, 1.807) is 12.1 Å². The van der Waals surface area contributed by atoms with E-state index in [0.717, 1.165) is 78.8 Å². The summed E-state index contributed by atoms with van der Waals surface area (Å²) in [4.78, 5) is 34.1. The number of aliphatic imine (C=N–C) groups is 2. The average Bonchev–Trinajstić information content (AvgIpc) is 2.98. The van der Waals surface area contributed by atoms with Crippen LogP contribution in [0.2, 0.25) is 0 Å². The summed E-state index contributed by atoms with van der Waals surface area (Å²) in [6, 6.07) is 22.8. The van der Waals surface area contributed by atoms with Gasteiger partial charge in [0.1, 0.15) is 11.7 Å². The molecule has 2 heterocycles. The van der Waals surface area contributed by atoms with Crippen molar-refractivity contribution >= 4 is 47.3 Å². The molecule has 8 nitrogen and oxygen atoms in total. The van der Waals surface area contributed by atoms with Crippen LogP contribution in [0.4, 0.5) is 11.4 Å². The average molecular weight is 545 g/mol. The third kappa shape index (κ3) is 7.67. The molecule has 0 atom stereocenters. The van der Waals surface area contributed by atoms with E-state index >= 15 is 0 Å². The zero-order valence-corrected chi connectivity index (χ0v) is 22.5. The fraction of sp³-hybridized carbons (Fsp3) is 0.267. The molecule has 2 aliphatic heterocycles. The van der Waals surface area contributed by atoms with E-state index in [4.69, 9.17) is 0 Å². The van der Waals surface area contributed by atoms with Gasteiger partial charge in [0, 0.05) is 60.7 Å². The second-order valence-electron chi connectivity index (χ2n) is 9.38. The van der Waals surface area contributed by atoms with Gasteiger partial charge in [0.05, 0.1) is 0 Å². The van der Waals surface area contributed by atoms with Gasteiger partial charge in [-0.1, -0.05) is 12.1 Å². The molecule has 3 aromatic rings. The lowest BCUT2D eigenvalue weighted by Crippen LogP contribution is -2.30. The molecular formula is C30H33ClN6O2. The number of benzene rings is 3. The van der Waals surface area contributed by atoms with Gasteiger partial charge in [-0.15, -0.1) is 12.4 Å². The number of aryl methyl sites for hydroxylation is 1. The number of amidine groups is 2. The molecule has 0 unspecified atom stereocenters. The molecule has 4 N–H and O–H groups in total. The first kappa shape index (κ1) is 27.9. The molecule has 3 aromatic carbocycles. The molecule has 0 aromatic heterocycles. The molecule has 0 saturated heterocycles. The molecule has 9 heteroatoms. The maximum Gasteiger partial charge on any atom is 0.255 e. The SMILES string of the molecule is Cl.O=C(CCc1ccc(C(=O)Nc2ccc(C3=NCCCN3)cc2)cc1)Nc1ccc(C2=NCCCN2)cc1. The summed E-state index contributed by atoms with van der Waals surface area (Å²) in [5, 5.41) is 12.5. The highest BCUT2D eigenvalue weighted by molar-refractivity contribution is 6.05. The van der Waals surface area contributed by atoms with E-state index in [2.05, 4.69) is 31.3 Å². The molecule has 0 fully saturated rings. The predicted octanol–water partition coefficient (Wildman–Crippen LogP) is 4.41. The number of amides is 2. The first-order valence-electron chi connectivity index (χ1n) is 13.1. The molecule has 0 aliphatic carbocycles. The Morgan fingerprint density at radius 3 is 1.69 bits per heavy atom. The minimum Gasteiger partial charge on any atom is -0.370 e. The summed E-state index contributed by atoms with van der Waals surface area (Å²) in [5.74, 6) is 1.59. The van der Waals surface area contributed by atoms with Crippen molar-refractivity contribution in [3.8, 4) is 0 Å². The normalized spacial score (nSPS) is 14.5. The zero-order chi connectivity index (χ0) is 26.2. The van der Waals surface area contributed by atoms with Gasteiger partial charge in [-0.25, -0.2) is 0 Å². The number of rotatable bonds is 8. The van der Waals surface area contributed by atoms with Gasteiger partial charge < -0.3 is 21.3 Å². The van der Waals surface area contributed by atoms with E-state index in [-0.39, 0.29) is 24.2 Å². The van der Waals surface area contributed by atoms with Crippen LogP contribution < -0.4 is 21.3 Å². The van der Waals surface area contributed by atoms with Gasteiger partial charge in [-0.3, -0.25) is 19.6 Å². The largest absolute Gasteiger partial charge is 0.370 e. The second kappa shape index (κ2) is 13.6. The Kier molecular flexibility index (Phi) is 9.69. The molecular weight excluding hydrogens is 512 g/mol. The Bertz CT molecular complexity index is 1340. The Morgan fingerprint density at radius 2 is 1.21 bits per heavy atom. The fourth-order valence-corrected chi connectivity index (χ4v) is 4.38. The van der Waals surface area contributed by atoms with Crippen LogP contribution in [-0.4, -0.2) is 49.7 Å². The van der Waals surface area contributed by atoms with Crippen molar-refractivity contribution in [2.75, 3.05) is 36.8 Å². The van der Waals surface area contributed by atoms with Gasteiger partial charge in [0.2, 0.25) is 5.91 Å². The third-order valence-corrected chi connectivity index (χ3v) is 6.51. The van der Waals surface area contributed by atoms with Gasteiger partial charge in [0.25, 0.3) is 5.91 Å². The minimum atomic E-state index is -0.173. The van der Waals surface area contributed by atoms with Crippen LogP contribution in [0.15, 0.2) is 82.8 Å². The summed E-state index contributed by atoms with van der Waals surface area (Å²) in [7, 11) is 0. The number of carbonyl (C=O) groups is 2. The van der Waals surface area contributed by atoms with Crippen molar-refractivity contribution in [1.82, 2.24) is 10.6 Å². The monoisotopic (exact) mass is 544 g/mol. The molecule has 0 spiro atoms. The number of nitrogens with one attached hydrogen (secondary N) is 4. The molecule has 0 bridgehead atoms. The van der Waals surface area contributed by atoms with Crippen molar-refractivity contribution in [1.29, 1.82) is 0 Å². The maximum atomic E-state index is 12.7. The van der Waals surface area contributed by atoms with Crippen molar-refractivity contribution in [2.24, 2.45) is 9.98 Å².